The molecule has 1 saturated heterocycles. The number of amides is 1. The molecular weight excluding hydrogens is 218 g/mol. The standard InChI is InChI=1S/C11H19N5O/c1-9-10(8-14-15-9)11(17)13-4-7-16-5-2-12-3-6-16/h8,12H,2-7H2,1H3,(H,13,17)(H,14,15). The van der Waals surface area contributed by atoms with Crippen LogP contribution in [0.15, 0.2) is 6.20 Å². The normalized spacial score (nSPS) is 17.0. The number of hydrogen-bond donors (Lipinski definition) is 3. The van der Waals surface area contributed by atoms with Crippen molar-refractivity contribution in [2.75, 3.05) is 39.3 Å². The SMILES string of the molecule is Cc1[nH]ncc1C(=O)NCCN1CCNCC1. The summed E-state index contributed by atoms with van der Waals surface area (Å²) in [6, 6.07) is 0. The molecule has 0 aromatic carbocycles. The molecule has 1 amide bonds. The van der Waals surface area contributed by atoms with Gasteiger partial charge in [0.25, 0.3) is 5.91 Å². The smallest absolute Gasteiger partial charge is 0.254 e. The van der Waals surface area contributed by atoms with Crippen molar-refractivity contribution in [3.8, 4) is 0 Å². The molecule has 0 atom stereocenters. The minimum atomic E-state index is -0.0496. The summed E-state index contributed by atoms with van der Waals surface area (Å²) in [6.07, 6.45) is 1.56. The van der Waals surface area contributed by atoms with Gasteiger partial charge in [-0.2, -0.15) is 5.10 Å². The average Bonchev–Trinajstić information content (AvgIpc) is 2.77. The molecule has 2 heterocycles. The van der Waals surface area contributed by atoms with Gasteiger partial charge in [0.05, 0.1) is 11.8 Å². The van der Waals surface area contributed by atoms with Crippen molar-refractivity contribution >= 4 is 5.91 Å². The van der Waals surface area contributed by atoms with Crippen LogP contribution in [0.1, 0.15) is 16.1 Å². The van der Waals surface area contributed by atoms with Crippen molar-refractivity contribution in [2.24, 2.45) is 0 Å². The van der Waals surface area contributed by atoms with E-state index >= 15 is 0 Å². The lowest BCUT2D eigenvalue weighted by Gasteiger charge is -2.27. The summed E-state index contributed by atoms with van der Waals surface area (Å²) < 4.78 is 0. The van der Waals surface area contributed by atoms with Gasteiger partial charge in [-0.25, -0.2) is 0 Å². The predicted octanol–water partition coefficient (Wildman–Crippen LogP) is -0.647. The highest BCUT2D eigenvalue weighted by Crippen LogP contribution is 2.01. The molecule has 0 bridgehead atoms. The van der Waals surface area contributed by atoms with Crippen LogP contribution >= 0.6 is 0 Å². The third kappa shape index (κ3) is 3.28. The summed E-state index contributed by atoms with van der Waals surface area (Å²) in [5, 5.41) is 12.8. The van der Waals surface area contributed by atoms with E-state index < -0.39 is 0 Å². The molecule has 1 aromatic heterocycles. The van der Waals surface area contributed by atoms with Crippen LogP contribution in [0.3, 0.4) is 0 Å². The molecule has 2 rings (SSSR count). The average molecular weight is 237 g/mol. The molecule has 0 unspecified atom stereocenters. The second-order valence-corrected chi connectivity index (χ2v) is 4.26. The third-order valence-electron chi connectivity index (χ3n) is 3.00. The Morgan fingerprint density at radius 3 is 2.94 bits per heavy atom. The number of aromatic amines is 1. The van der Waals surface area contributed by atoms with E-state index in [9.17, 15) is 4.79 Å². The number of hydrogen-bond acceptors (Lipinski definition) is 4. The Hall–Kier alpha value is -1.40. The molecule has 6 heteroatoms. The molecule has 0 saturated carbocycles. The highest BCUT2D eigenvalue weighted by molar-refractivity contribution is 5.94. The predicted molar refractivity (Wildman–Crippen MR) is 65.0 cm³/mol. The lowest BCUT2D eigenvalue weighted by atomic mass is 10.2. The van der Waals surface area contributed by atoms with E-state index in [-0.39, 0.29) is 5.91 Å². The molecule has 17 heavy (non-hydrogen) atoms. The van der Waals surface area contributed by atoms with E-state index in [2.05, 4.69) is 25.7 Å². The molecule has 1 aliphatic heterocycles. The Morgan fingerprint density at radius 2 is 2.29 bits per heavy atom. The van der Waals surface area contributed by atoms with Crippen molar-refractivity contribution in [2.45, 2.75) is 6.92 Å². The van der Waals surface area contributed by atoms with Gasteiger partial charge in [0.2, 0.25) is 0 Å². The highest BCUT2D eigenvalue weighted by atomic mass is 16.1. The third-order valence-corrected chi connectivity index (χ3v) is 3.00. The summed E-state index contributed by atoms with van der Waals surface area (Å²) in [7, 11) is 0. The number of rotatable bonds is 4. The summed E-state index contributed by atoms with van der Waals surface area (Å²) in [6.45, 7) is 7.62. The molecule has 0 aliphatic carbocycles. The van der Waals surface area contributed by atoms with Gasteiger partial charge in [-0.05, 0) is 6.92 Å². The van der Waals surface area contributed by atoms with E-state index in [4.69, 9.17) is 0 Å². The van der Waals surface area contributed by atoms with E-state index in [0.717, 1.165) is 38.4 Å². The lowest BCUT2D eigenvalue weighted by Crippen LogP contribution is -2.46. The maximum atomic E-state index is 11.8. The first kappa shape index (κ1) is 12.1. The van der Waals surface area contributed by atoms with E-state index in [1.165, 1.54) is 0 Å². The Labute approximate surface area is 101 Å². The van der Waals surface area contributed by atoms with Gasteiger partial charge in [0.15, 0.2) is 0 Å². The number of nitrogens with zero attached hydrogens (tertiary/aromatic N) is 2. The molecule has 6 nitrogen and oxygen atoms in total. The minimum absolute atomic E-state index is 0.0496. The van der Waals surface area contributed by atoms with Crippen molar-refractivity contribution < 1.29 is 4.79 Å². The van der Waals surface area contributed by atoms with Crippen molar-refractivity contribution in [1.29, 1.82) is 0 Å². The van der Waals surface area contributed by atoms with Crippen molar-refractivity contribution in [1.82, 2.24) is 25.7 Å². The van der Waals surface area contributed by atoms with Gasteiger partial charge in [-0.1, -0.05) is 0 Å². The Morgan fingerprint density at radius 1 is 1.53 bits per heavy atom. The van der Waals surface area contributed by atoms with Crippen LogP contribution in [0.2, 0.25) is 0 Å². The Bertz CT molecular complexity index is 370. The summed E-state index contributed by atoms with van der Waals surface area (Å²) >= 11 is 0. The fourth-order valence-electron chi connectivity index (χ4n) is 1.94. The fourth-order valence-corrected chi connectivity index (χ4v) is 1.94. The van der Waals surface area contributed by atoms with Crippen LogP contribution in [0.4, 0.5) is 0 Å². The van der Waals surface area contributed by atoms with Gasteiger partial charge in [-0.3, -0.25) is 14.8 Å². The number of carbonyl (C=O) groups is 1. The number of nitrogens with one attached hydrogen (secondary N) is 3. The van der Waals surface area contributed by atoms with Gasteiger partial charge in [0, 0.05) is 45.0 Å². The fraction of sp³-hybridized carbons (Fsp3) is 0.636. The topological polar surface area (TPSA) is 73.0 Å². The Balaban J connectivity index is 1.71. The van der Waals surface area contributed by atoms with Gasteiger partial charge in [0.1, 0.15) is 0 Å². The van der Waals surface area contributed by atoms with Crippen LogP contribution in [-0.2, 0) is 0 Å². The largest absolute Gasteiger partial charge is 0.351 e. The molecule has 1 aromatic rings. The monoisotopic (exact) mass is 237 g/mol. The molecule has 1 fully saturated rings. The number of aryl methyl sites for hydroxylation is 1. The zero-order valence-electron chi connectivity index (χ0n) is 10.1. The Kier molecular flexibility index (Phi) is 4.11. The molecule has 1 aliphatic rings. The van der Waals surface area contributed by atoms with Crippen molar-refractivity contribution in [3.05, 3.63) is 17.5 Å². The molecule has 3 N–H and O–H groups in total. The number of aromatic nitrogens is 2. The molecular formula is C11H19N5O. The zero-order chi connectivity index (χ0) is 12.1. The van der Waals surface area contributed by atoms with Crippen LogP contribution < -0.4 is 10.6 Å². The zero-order valence-corrected chi connectivity index (χ0v) is 10.1. The van der Waals surface area contributed by atoms with E-state index in [0.29, 0.717) is 12.1 Å². The van der Waals surface area contributed by atoms with Crippen molar-refractivity contribution in [3.63, 3.8) is 0 Å². The number of carbonyl (C=O) groups excluding carboxylic acids is 1. The highest BCUT2D eigenvalue weighted by Gasteiger charge is 2.12. The maximum absolute atomic E-state index is 11.8. The van der Waals surface area contributed by atoms with Gasteiger partial charge >= 0.3 is 0 Å². The second-order valence-electron chi connectivity index (χ2n) is 4.26. The van der Waals surface area contributed by atoms with Crippen LogP contribution in [0.25, 0.3) is 0 Å². The first-order chi connectivity index (χ1) is 8.27. The summed E-state index contributed by atoms with van der Waals surface area (Å²) in [5.74, 6) is -0.0496. The quantitative estimate of drug-likeness (QED) is 0.651. The first-order valence-corrected chi connectivity index (χ1v) is 5.98. The lowest BCUT2D eigenvalue weighted by molar-refractivity contribution is 0.0946. The van der Waals surface area contributed by atoms with E-state index in [1.54, 1.807) is 6.20 Å². The number of H-pyrrole nitrogens is 1. The summed E-state index contributed by atoms with van der Waals surface area (Å²) in [4.78, 5) is 14.1. The summed E-state index contributed by atoms with van der Waals surface area (Å²) in [5.41, 5.74) is 1.44. The van der Waals surface area contributed by atoms with E-state index in [1.807, 2.05) is 6.92 Å². The minimum Gasteiger partial charge on any atom is -0.351 e. The second kappa shape index (κ2) is 5.79. The first-order valence-electron chi connectivity index (χ1n) is 5.98. The maximum Gasteiger partial charge on any atom is 0.254 e. The molecule has 0 spiro atoms. The molecule has 94 valence electrons. The molecule has 0 radical (unpaired) electrons. The van der Waals surface area contributed by atoms with Crippen LogP contribution in [0.5, 0.6) is 0 Å². The van der Waals surface area contributed by atoms with Gasteiger partial charge in [-0.15, -0.1) is 0 Å². The van der Waals surface area contributed by atoms with Crippen LogP contribution in [0, 0.1) is 6.92 Å². The number of piperazine rings is 1. The van der Waals surface area contributed by atoms with Gasteiger partial charge < -0.3 is 10.6 Å². The van der Waals surface area contributed by atoms with Crippen LogP contribution in [-0.4, -0.2) is 60.3 Å².